The minimum Gasteiger partial charge on any atom is -0.464 e. The van der Waals surface area contributed by atoms with Gasteiger partial charge in [-0.1, -0.05) is 0 Å². The Morgan fingerprint density at radius 2 is 2.23 bits per heavy atom. The van der Waals surface area contributed by atoms with Crippen LogP contribution >= 0.6 is 0 Å². The van der Waals surface area contributed by atoms with Gasteiger partial charge in [0.25, 0.3) is 0 Å². The van der Waals surface area contributed by atoms with Crippen LogP contribution in [0.25, 0.3) is 0 Å². The van der Waals surface area contributed by atoms with Crippen molar-refractivity contribution in [3.05, 3.63) is 0 Å². The highest BCUT2D eigenvalue weighted by Gasteiger charge is 2.13. The normalized spacial score (nSPS) is 12.5. The molecule has 1 atom stereocenters. The molecule has 5 nitrogen and oxygen atoms in total. The van der Waals surface area contributed by atoms with Crippen molar-refractivity contribution in [2.75, 3.05) is 26.9 Å². The van der Waals surface area contributed by atoms with Gasteiger partial charge in [-0.3, -0.25) is 4.79 Å². The first-order valence-corrected chi connectivity index (χ1v) is 4.24. The van der Waals surface area contributed by atoms with Crippen molar-refractivity contribution in [3.63, 3.8) is 0 Å². The lowest BCUT2D eigenvalue weighted by molar-refractivity contribution is -0.145. The maximum absolute atomic E-state index is 11.0. The Morgan fingerprint density at radius 3 is 2.77 bits per heavy atom. The van der Waals surface area contributed by atoms with Crippen LogP contribution in [0.15, 0.2) is 0 Å². The molecular formula is C8H17NO4. The van der Waals surface area contributed by atoms with Gasteiger partial charge in [0.15, 0.2) is 0 Å². The SMILES string of the molecule is COCCCOC(=O)[C@@H](N)CCO. The zero-order valence-corrected chi connectivity index (χ0v) is 7.86. The molecule has 0 amide bonds. The van der Waals surface area contributed by atoms with Crippen LogP contribution in [0, 0.1) is 0 Å². The minimum atomic E-state index is -0.715. The number of aliphatic hydroxyl groups excluding tert-OH is 1. The predicted octanol–water partition coefficient (Wildman–Crippen LogP) is -0.724. The first kappa shape index (κ1) is 12.3. The summed E-state index contributed by atoms with van der Waals surface area (Å²) in [4.78, 5) is 11.0. The van der Waals surface area contributed by atoms with Crippen molar-refractivity contribution in [3.8, 4) is 0 Å². The molecule has 0 rings (SSSR count). The van der Waals surface area contributed by atoms with Crippen molar-refractivity contribution in [2.24, 2.45) is 5.73 Å². The molecule has 0 aliphatic carbocycles. The van der Waals surface area contributed by atoms with E-state index in [4.69, 9.17) is 20.3 Å². The molecule has 0 unspecified atom stereocenters. The molecule has 0 fully saturated rings. The summed E-state index contributed by atoms with van der Waals surface area (Å²) in [5.41, 5.74) is 5.38. The van der Waals surface area contributed by atoms with Gasteiger partial charge in [-0.15, -0.1) is 0 Å². The number of hydrogen-bond donors (Lipinski definition) is 2. The third-order valence-corrected chi connectivity index (χ3v) is 1.48. The number of carbonyl (C=O) groups excluding carboxylic acids is 1. The highest BCUT2D eigenvalue weighted by molar-refractivity contribution is 5.75. The van der Waals surface area contributed by atoms with Crippen LogP contribution in [0.1, 0.15) is 12.8 Å². The predicted molar refractivity (Wildman–Crippen MR) is 47.1 cm³/mol. The van der Waals surface area contributed by atoms with Crippen LogP contribution in [0.3, 0.4) is 0 Å². The highest BCUT2D eigenvalue weighted by atomic mass is 16.5. The van der Waals surface area contributed by atoms with Gasteiger partial charge in [-0.25, -0.2) is 0 Å². The van der Waals surface area contributed by atoms with E-state index in [1.54, 1.807) is 7.11 Å². The second-order valence-corrected chi connectivity index (χ2v) is 2.63. The van der Waals surface area contributed by atoms with E-state index in [1.165, 1.54) is 0 Å². The Labute approximate surface area is 77.8 Å². The average molecular weight is 191 g/mol. The molecule has 0 spiro atoms. The standard InChI is InChI=1S/C8H17NO4/c1-12-5-2-6-13-8(11)7(9)3-4-10/h7,10H,2-6,9H2,1H3/t7-/m0/s1. The fraction of sp³-hybridized carbons (Fsp3) is 0.875. The number of hydrogen-bond acceptors (Lipinski definition) is 5. The van der Waals surface area contributed by atoms with Gasteiger partial charge >= 0.3 is 5.97 Å². The summed E-state index contributed by atoms with van der Waals surface area (Å²) in [5.74, 6) is -0.467. The lowest BCUT2D eigenvalue weighted by Crippen LogP contribution is -2.33. The Hall–Kier alpha value is -0.650. The monoisotopic (exact) mass is 191 g/mol. The Kier molecular flexibility index (Phi) is 7.57. The van der Waals surface area contributed by atoms with Crippen molar-refractivity contribution < 1.29 is 19.4 Å². The van der Waals surface area contributed by atoms with E-state index in [1.807, 2.05) is 0 Å². The van der Waals surface area contributed by atoms with E-state index in [2.05, 4.69) is 0 Å². The van der Waals surface area contributed by atoms with E-state index >= 15 is 0 Å². The average Bonchev–Trinajstić information content (AvgIpc) is 2.12. The van der Waals surface area contributed by atoms with Crippen molar-refractivity contribution in [1.29, 1.82) is 0 Å². The zero-order chi connectivity index (χ0) is 10.1. The quantitative estimate of drug-likeness (QED) is 0.410. The van der Waals surface area contributed by atoms with E-state index in [0.717, 1.165) is 0 Å². The second kappa shape index (κ2) is 7.97. The van der Waals surface area contributed by atoms with Crippen LogP contribution in [0.5, 0.6) is 0 Å². The Morgan fingerprint density at radius 1 is 1.54 bits per heavy atom. The van der Waals surface area contributed by atoms with Gasteiger partial charge in [0.2, 0.25) is 0 Å². The van der Waals surface area contributed by atoms with Crippen LogP contribution in [0.2, 0.25) is 0 Å². The number of aliphatic hydroxyl groups is 1. The number of carbonyl (C=O) groups is 1. The Balaban J connectivity index is 3.38. The van der Waals surface area contributed by atoms with Gasteiger partial charge in [0.1, 0.15) is 6.04 Å². The number of nitrogens with two attached hydrogens (primary N) is 1. The van der Waals surface area contributed by atoms with E-state index in [9.17, 15) is 4.79 Å². The lowest BCUT2D eigenvalue weighted by atomic mass is 10.2. The fourth-order valence-electron chi connectivity index (χ4n) is 0.740. The van der Waals surface area contributed by atoms with Crippen LogP contribution in [0.4, 0.5) is 0 Å². The molecule has 0 bridgehead atoms. The van der Waals surface area contributed by atoms with Gasteiger partial charge < -0.3 is 20.3 Å². The molecule has 0 saturated carbocycles. The van der Waals surface area contributed by atoms with Crippen LogP contribution in [-0.2, 0) is 14.3 Å². The third kappa shape index (κ3) is 6.51. The number of ether oxygens (including phenoxy) is 2. The summed E-state index contributed by atoms with van der Waals surface area (Å²) in [5, 5.41) is 8.49. The fourth-order valence-corrected chi connectivity index (χ4v) is 0.740. The van der Waals surface area contributed by atoms with E-state index < -0.39 is 12.0 Å². The first-order chi connectivity index (χ1) is 6.22. The lowest BCUT2D eigenvalue weighted by Gasteiger charge is -2.09. The van der Waals surface area contributed by atoms with Crippen LogP contribution < -0.4 is 5.73 Å². The molecule has 78 valence electrons. The van der Waals surface area contributed by atoms with Gasteiger partial charge in [0, 0.05) is 26.7 Å². The zero-order valence-electron chi connectivity index (χ0n) is 7.86. The van der Waals surface area contributed by atoms with E-state index in [-0.39, 0.29) is 13.0 Å². The highest BCUT2D eigenvalue weighted by Crippen LogP contribution is 1.92. The summed E-state index contributed by atoms with van der Waals surface area (Å²) < 4.78 is 9.57. The molecule has 0 aliphatic heterocycles. The summed E-state index contributed by atoms with van der Waals surface area (Å²) in [6, 6.07) is -0.715. The summed E-state index contributed by atoms with van der Waals surface area (Å²) >= 11 is 0. The molecule has 3 N–H and O–H groups in total. The maximum atomic E-state index is 11.0. The van der Waals surface area contributed by atoms with Crippen molar-refractivity contribution >= 4 is 5.97 Å². The smallest absolute Gasteiger partial charge is 0.322 e. The van der Waals surface area contributed by atoms with Gasteiger partial charge in [-0.2, -0.15) is 0 Å². The second-order valence-electron chi connectivity index (χ2n) is 2.63. The first-order valence-electron chi connectivity index (χ1n) is 4.24. The molecule has 0 radical (unpaired) electrons. The molecule has 0 heterocycles. The molecule has 0 aromatic rings. The molecular weight excluding hydrogens is 174 g/mol. The molecule has 0 saturated heterocycles. The third-order valence-electron chi connectivity index (χ3n) is 1.48. The summed E-state index contributed by atoms with van der Waals surface area (Å²) in [6.07, 6.45) is 0.900. The molecule has 0 aliphatic rings. The molecule has 0 aromatic heterocycles. The van der Waals surface area contributed by atoms with Crippen LogP contribution in [-0.4, -0.2) is 44.0 Å². The van der Waals surface area contributed by atoms with Gasteiger partial charge in [-0.05, 0) is 6.42 Å². The number of rotatable bonds is 7. The maximum Gasteiger partial charge on any atom is 0.322 e. The largest absolute Gasteiger partial charge is 0.464 e. The van der Waals surface area contributed by atoms with Gasteiger partial charge in [0.05, 0.1) is 6.61 Å². The molecule has 5 heteroatoms. The number of methoxy groups -OCH3 is 1. The topological polar surface area (TPSA) is 81.8 Å². The van der Waals surface area contributed by atoms with Crippen molar-refractivity contribution in [2.45, 2.75) is 18.9 Å². The van der Waals surface area contributed by atoms with Crippen molar-refractivity contribution in [1.82, 2.24) is 0 Å². The summed E-state index contributed by atoms with van der Waals surface area (Å²) in [7, 11) is 1.58. The minimum absolute atomic E-state index is 0.103. The molecule has 13 heavy (non-hydrogen) atoms. The number of esters is 1. The summed E-state index contributed by atoms with van der Waals surface area (Å²) in [6.45, 7) is 0.767. The van der Waals surface area contributed by atoms with E-state index in [0.29, 0.717) is 19.6 Å². The molecule has 0 aromatic carbocycles. The Bertz CT molecular complexity index is 140.